The quantitative estimate of drug-likeness (QED) is 0.763. The maximum atomic E-state index is 13.0. The van der Waals surface area contributed by atoms with Crippen LogP contribution in [-0.2, 0) is 10.9 Å². The molecule has 25 heavy (non-hydrogen) atoms. The van der Waals surface area contributed by atoms with Crippen molar-refractivity contribution in [3.63, 3.8) is 0 Å². The fourth-order valence-electron chi connectivity index (χ4n) is 2.21. The van der Waals surface area contributed by atoms with Crippen LogP contribution in [0.2, 0.25) is 0 Å². The molecular weight excluding hydrogens is 335 g/mol. The van der Waals surface area contributed by atoms with Crippen molar-refractivity contribution >= 4 is 5.97 Å². The summed E-state index contributed by atoms with van der Waals surface area (Å²) in [5.74, 6) is -0.488. The van der Waals surface area contributed by atoms with Crippen molar-refractivity contribution in [2.24, 2.45) is 0 Å². The van der Waals surface area contributed by atoms with Gasteiger partial charge >= 0.3 is 12.1 Å². The summed E-state index contributed by atoms with van der Waals surface area (Å²) in [6.07, 6.45) is -5.20. The molecule has 0 saturated carbocycles. The molecule has 0 spiro atoms. The van der Waals surface area contributed by atoms with E-state index in [2.05, 4.69) is 4.74 Å². The zero-order valence-electron chi connectivity index (χ0n) is 13.4. The Morgan fingerprint density at radius 3 is 2.32 bits per heavy atom. The highest BCUT2D eigenvalue weighted by Gasteiger charge is 2.34. The monoisotopic (exact) mass is 349 g/mol. The largest absolute Gasteiger partial charge is 0.486 e. The molecule has 0 heterocycles. The van der Waals surface area contributed by atoms with Gasteiger partial charge in [0.15, 0.2) is 0 Å². The topological polar surface area (TPSA) is 59.3 Å². The fourth-order valence-corrected chi connectivity index (χ4v) is 2.21. The Balaban J connectivity index is 2.22. The molecule has 0 aliphatic heterocycles. The zero-order valence-corrected chi connectivity index (χ0v) is 13.4. The summed E-state index contributed by atoms with van der Waals surface area (Å²) in [5.41, 5.74) is -0.475. The van der Waals surface area contributed by atoms with E-state index in [0.29, 0.717) is 11.1 Å². The Kier molecular flexibility index (Phi) is 5.32. The van der Waals surface area contributed by atoms with Gasteiger partial charge in [0.2, 0.25) is 0 Å². The minimum atomic E-state index is -4.64. The number of hydrogen-bond donors (Lipinski definition) is 0. The number of carbonyl (C=O) groups excluding carboxylic acids is 1. The average molecular weight is 349 g/mol. The Hall–Kier alpha value is -3.01. The van der Waals surface area contributed by atoms with Crippen LogP contribution in [0.15, 0.2) is 42.5 Å². The number of rotatable bonds is 4. The molecule has 0 aliphatic rings. The maximum Gasteiger partial charge on any atom is 0.417 e. The van der Waals surface area contributed by atoms with E-state index >= 15 is 0 Å². The number of methoxy groups -OCH3 is 1. The van der Waals surface area contributed by atoms with Crippen LogP contribution in [0.25, 0.3) is 0 Å². The van der Waals surface area contributed by atoms with E-state index in [4.69, 9.17) is 10.00 Å². The van der Waals surface area contributed by atoms with E-state index in [1.54, 1.807) is 31.2 Å². The van der Waals surface area contributed by atoms with E-state index < -0.39 is 29.4 Å². The minimum absolute atomic E-state index is 0.00382. The summed E-state index contributed by atoms with van der Waals surface area (Å²) in [5, 5.41) is 8.80. The van der Waals surface area contributed by atoms with Gasteiger partial charge in [-0.1, -0.05) is 12.1 Å². The molecule has 2 aromatic rings. The van der Waals surface area contributed by atoms with Gasteiger partial charge in [-0.05, 0) is 42.8 Å². The van der Waals surface area contributed by atoms with E-state index in [1.165, 1.54) is 19.2 Å². The second kappa shape index (κ2) is 7.26. The Bertz CT molecular complexity index is 808. The van der Waals surface area contributed by atoms with Crippen molar-refractivity contribution in [1.82, 2.24) is 0 Å². The van der Waals surface area contributed by atoms with Gasteiger partial charge in [-0.25, -0.2) is 4.79 Å². The lowest BCUT2D eigenvalue weighted by Crippen LogP contribution is -2.09. The van der Waals surface area contributed by atoms with Crippen molar-refractivity contribution in [1.29, 1.82) is 5.26 Å². The van der Waals surface area contributed by atoms with Gasteiger partial charge in [-0.15, -0.1) is 0 Å². The molecule has 0 amide bonds. The molecule has 7 heteroatoms. The minimum Gasteiger partial charge on any atom is -0.486 e. The number of nitrogens with zero attached hydrogens (tertiary/aromatic N) is 1. The first-order valence-corrected chi connectivity index (χ1v) is 7.22. The molecule has 2 rings (SSSR count). The Labute approximate surface area is 142 Å². The number of alkyl halides is 3. The molecule has 0 bridgehead atoms. The summed E-state index contributed by atoms with van der Waals surface area (Å²) in [6, 6.07) is 11.1. The van der Waals surface area contributed by atoms with Crippen molar-refractivity contribution < 1.29 is 27.4 Å². The smallest absolute Gasteiger partial charge is 0.417 e. The third kappa shape index (κ3) is 4.29. The molecular formula is C18H14F3NO3. The van der Waals surface area contributed by atoms with E-state index in [-0.39, 0.29) is 5.75 Å². The van der Waals surface area contributed by atoms with Gasteiger partial charge < -0.3 is 9.47 Å². The van der Waals surface area contributed by atoms with Crippen LogP contribution in [0.4, 0.5) is 13.2 Å². The number of ether oxygens (including phenoxy) is 2. The highest BCUT2D eigenvalue weighted by Crippen LogP contribution is 2.35. The first-order valence-electron chi connectivity index (χ1n) is 7.22. The van der Waals surface area contributed by atoms with Crippen LogP contribution in [0, 0.1) is 11.3 Å². The summed E-state index contributed by atoms with van der Waals surface area (Å²) in [7, 11) is 1.27. The molecule has 0 saturated heterocycles. The molecule has 0 radical (unpaired) electrons. The number of benzene rings is 2. The van der Waals surface area contributed by atoms with Crippen molar-refractivity contribution in [2.75, 3.05) is 7.11 Å². The van der Waals surface area contributed by atoms with Crippen molar-refractivity contribution in [3.8, 4) is 11.8 Å². The van der Waals surface area contributed by atoms with Crippen LogP contribution in [0.5, 0.6) is 5.75 Å². The summed E-state index contributed by atoms with van der Waals surface area (Å²) < 4.78 is 49.1. The molecule has 4 nitrogen and oxygen atoms in total. The van der Waals surface area contributed by atoms with E-state index in [1.807, 2.05) is 0 Å². The summed E-state index contributed by atoms with van der Waals surface area (Å²) >= 11 is 0. The van der Waals surface area contributed by atoms with Gasteiger partial charge in [0.25, 0.3) is 0 Å². The first-order chi connectivity index (χ1) is 11.8. The molecule has 0 aliphatic carbocycles. The molecule has 0 aromatic heterocycles. The predicted molar refractivity (Wildman–Crippen MR) is 83.0 cm³/mol. The van der Waals surface area contributed by atoms with Crippen molar-refractivity contribution in [3.05, 3.63) is 64.7 Å². The third-order valence-corrected chi connectivity index (χ3v) is 3.53. The molecule has 1 atom stereocenters. The number of hydrogen-bond acceptors (Lipinski definition) is 4. The normalized spacial score (nSPS) is 12.2. The van der Waals surface area contributed by atoms with Gasteiger partial charge in [-0.2, -0.15) is 18.4 Å². The van der Waals surface area contributed by atoms with Crippen LogP contribution in [0.1, 0.15) is 40.1 Å². The van der Waals surface area contributed by atoms with Crippen LogP contribution in [0.3, 0.4) is 0 Å². The Morgan fingerprint density at radius 2 is 1.80 bits per heavy atom. The van der Waals surface area contributed by atoms with E-state index in [9.17, 15) is 18.0 Å². The SMILES string of the molecule is COC(=O)c1ccc(C(C)Oc2ccc(C#N)c(C(F)(F)F)c2)cc1. The average Bonchev–Trinajstić information content (AvgIpc) is 2.60. The maximum absolute atomic E-state index is 13.0. The van der Waals surface area contributed by atoms with Gasteiger partial charge in [0, 0.05) is 0 Å². The fraction of sp³-hybridized carbons (Fsp3) is 0.222. The Morgan fingerprint density at radius 1 is 1.16 bits per heavy atom. The second-order valence-corrected chi connectivity index (χ2v) is 5.19. The van der Waals surface area contributed by atoms with Gasteiger partial charge in [-0.3, -0.25) is 0 Å². The number of carbonyl (C=O) groups is 1. The van der Waals surface area contributed by atoms with E-state index in [0.717, 1.165) is 12.1 Å². The summed E-state index contributed by atoms with van der Waals surface area (Å²) in [4.78, 5) is 11.4. The lowest BCUT2D eigenvalue weighted by molar-refractivity contribution is -0.137. The van der Waals surface area contributed by atoms with Gasteiger partial charge in [0.05, 0.1) is 29.9 Å². The second-order valence-electron chi connectivity index (χ2n) is 5.19. The molecule has 2 aromatic carbocycles. The molecule has 130 valence electrons. The summed E-state index contributed by atoms with van der Waals surface area (Å²) in [6.45, 7) is 1.67. The lowest BCUT2D eigenvalue weighted by Gasteiger charge is -2.17. The lowest BCUT2D eigenvalue weighted by atomic mass is 10.1. The third-order valence-electron chi connectivity index (χ3n) is 3.53. The van der Waals surface area contributed by atoms with Crippen molar-refractivity contribution in [2.45, 2.75) is 19.2 Å². The predicted octanol–water partition coefficient (Wildman–Crippen LogP) is 4.50. The number of halogens is 3. The number of nitriles is 1. The molecule has 0 fully saturated rings. The highest BCUT2D eigenvalue weighted by molar-refractivity contribution is 5.89. The van der Waals surface area contributed by atoms with Gasteiger partial charge in [0.1, 0.15) is 11.9 Å². The number of esters is 1. The standard InChI is InChI=1S/C18H14F3NO3/c1-11(12-3-5-13(6-4-12)17(23)24-2)25-15-8-7-14(10-22)16(9-15)18(19,20)21/h3-9,11H,1-2H3. The molecule has 0 N–H and O–H groups in total. The zero-order chi connectivity index (χ0) is 18.6. The van der Waals surface area contributed by atoms with Crippen LogP contribution < -0.4 is 4.74 Å². The first kappa shape index (κ1) is 18.3. The highest BCUT2D eigenvalue weighted by atomic mass is 19.4. The molecule has 1 unspecified atom stereocenters. The van der Waals surface area contributed by atoms with Crippen LogP contribution in [-0.4, -0.2) is 13.1 Å². The van der Waals surface area contributed by atoms with Crippen LogP contribution >= 0.6 is 0 Å².